The summed E-state index contributed by atoms with van der Waals surface area (Å²) >= 11 is 1.32. The maximum Gasteiger partial charge on any atom is 0.250 e. The quantitative estimate of drug-likeness (QED) is 0.801. The molecule has 0 saturated carbocycles. The first-order chi connectivity index (χ1) is 9.62. The maximum absolute atomic E-state index is 12.2. The summed E-state index contributed by atoms with van der Waals surface area (Å²) in [5.41, 5.74) is 0. The van der Waals surface area contributed by atoms with Crippen molar-refractivity contribution in [3.8, 4) is 0 Å². The lowest BCUT2D eigenvalue weighted by Gasteiger charge is -2.21. The van der Waals surface area contributed by atoms with Gasteiger partial charge in [-0.2, -0.15) is 0 Å². The molecule has 5 nitrogen and oxygen atoms in total. The predicted octanol–water partition coefficient (Wildman–Crippen LogP) is 1.56. The van der Waals surface area contributed by atoms with Crippen molar-refractivity contribution in [3.05, 3.63) is 17.0 Å². The van der Waals surface area contributed by atoms with Gasteiger partial charge in [0.05, 0.1) is 6.61 Å². The van der Waals surface area contributed by atoms with E-state index in [1.807, 2.05) is 13.0 Å². The minimum absolute atomic E-state index is 0.291. The Morgan fingerprint density at radius 2 is 2.30 bits per heavy atom. The Hall–Kier alpha value is -0.470. The van der Waals surface area contributed by atoms with Gasteiger partial charge in [0.25, 0.3) is 0 Å². The molecule has 1 saturated heterocycles. The summed E-state index contributed by atoms with van der Waals surface area (Å²) < 4.78 is 32.8. The van der Waals surface area contributed by atoms with Gasteiger partial charge in [0.2, 0.25) is 10.0 Å². The molecule has 20 heavy (non-hydrogen) atoms. The standard InChI is InChI=1S/C13H22N2O3S2/c1-2-14-9-12-5-6-13(19-12)20(16,17)15-8-11-4-3-7-18-10-11/h5-6,11,14-15H,2-4,7-10H2,1H3. The summed E-state index contributed by atoms with van der Waals surface area (Å²) in [7, 11) is -3.38. The number of ether oxygens (including phenoxy) is 1. The van der Waals surface area contributed by atoms with Gasteiger partial charge in [-0.3, -0.25) is 0 Å². The Kier molecular flexibility index (Phi) is 5.98. The molecule has 2 N–H and O–H groups in total. The number of rotatable bonds is 7. The van der Waals surface area contributed by atoms with Crippen molar-refractivity contribution in [2.45, 2.75) is 30.5 Å². The van der Waals surface area contributed by atoms with Crippen molar-refractivity contribution >= 4 is 21.4 Å². The minimum Gasteiger partial charge on any atom is -0.381 e. The minimum atomic E-state index is -3.38. The Balaban J connectivity index is 1.90. The van der Waals surface area contributed by atoms with E-state index in [0.29, 0.717) is 29.8 Å². The third kappa shape index (κ3) is 4.53. The molecule has 1 aromatic rings. The van der Waals surface area contributed by atoms with Gasteiger partial charge in [-0.25, -0.2) is 13.1 Å². The molecule has 0 spiro atoms. The van der Waals surface area contributed by atoms with Crippen LogP contribution in [0.1, 0.15) is 24.6 Å². The van der Waals surface area contributed by atoms with Gasteiger partial charge in [-0.05, 0) is 37.4 Å². The first-order valence-electron chi connectivity index (χ1n) is 6.98. The lowest BCUT2D eigenvalue weighted by Crippen LogP contribution is -2.32. The molecule has 0 amide bonds. The summed E-state index contributed by atoms with van der Waals surface area (Å²) in [6.07, 6.45) is 2.04. The number of nitrogens with one attached hydrogen (secondary N) is 2. The van der Waals surface area contributed by atoms with E-state index in [1.54, 1.807) is 6.07 Å². The summed E-state index contributed by atoms with van der Waals surface area (Å²) in [5.74, 6) is 0.291. The number of sulfonamides is 1. The molecule has 0 aromatic carbocycles. The van der Waals surface area contributed by atoms with Crippen molar-refractivity contribution in [2.75, 3.05) is 26.3 Å². The van der Waals surface area contributed by atoms with Crippen LogP contribution in [0.5, 0.6) is 0 Å². The Labute approximate surface area is 124 Å². The Morgan fingerprint density at radius 1 is 1.45 bits per heavy atom. The fourth-order valence-electron chi connectivity index (χ4n) is 2.11. The highest BCUT2D eigenvalue weighted by atomic mass is 32.2. The Bertz CT molecular complexity index is 507. The molecule has 7 heteroatoms. The topological polar surface area (TPSA) is 67.4 Å². The molecule has 1 fully saturated rings. The van der Waals surface area contributed by atoms with E-state index in [2.05, 4.69) is 10.0 Å². The second-order valence-electron chi connectivity index (χ2n) is 4.94. The molecule has 0 bridgehead atoms. The maximum atomic E-state index is 12.2. The molecule has 1 aromatic heterocycles. The molecule has 1 atom stereocenters. The molecule has 1 unspecified atom stereocenters. The van der Waals surface area contributed by atoms with Crippen molar-refractivity contribution in [2.24, 2.45) is 5.92 Å². The Morgan fingerprint density at radius 3 is 3.00 bits per heavy atom. The lowest BCUT2D eigenvalue weighted by atomic mass is 10.0. The van der Waals surface area contributed by atoms with E-state index in [0.717, 1.165) is 30.9 Å². The van der Waals surface area contributed by atoms with Crippen LogP contribution < -0.4 is 10.0 Å². The SMILES string of the molecule is CCNCc1ccc(S(=O)(=O)NCC2CCCOC2)s1. The molecule has 0 radical (unpaired) electrons. The van der Waals surface area contributed by atoms with Crippen LogP contribution in [-0.4, -0.2) is 34.7 Å². The number of thiophene rings is 1. The fourth-order valence-corrected chi connectivity index (χ4v) is 4.60. The zero-order valence-corrected chi connectivity index (χ0v) is 13.4. The van der Waals surface area contributed by atoms with Crippen LogP contribution in [0.4, 0.5) is 0 Å². The van der Waals surface area contributed by atoms with Crippen LogP contribution >= 0.6 is 11.3 Å². The van der Waals surface area contributed by atoms with E-state index in [-0.39, 0.29) is 0 Å². The fraction of sp³-hybridized carbons (Fsp3) is 0.692. The van der Waals surface area contributed by atoms with Gasteiger partial charge >= 0.3 is 0 Å². The van der Waals surface area contributed by atoms with Gasteiger partial charge in [0.15, 0.2) is 0 Å². The summed E-state index contributed by atoms with van der Waals surface area (Å²) in [6.45, 7) is 5.52. The summed E-state index contributed by atoms with van der Waals surface area (Å²) in [5, 5.41) is 3.19. The van der Waals surface area contributed by atoms with Crippen molar-refractivity contribution in [1.82, 2.24) is 10.0 Å². The third-order valence-electron chi connectivity index (χ3n) is 3.27. The second-order valence-corrected chi connectivity index (χ2v) is 8.10. The van der Waals surface area contributed by atoms with Crippen LogP contribution in [0.3, 0.4) is 0 Å². The highest BCUT2D eigenvalue weighted by molar-refractivity contribution is 7.91. The van der Waals surface area contributed by atoms with Crippen molar-refractivity contribution < 1.29 is 13.2 Å². The summed E-state index contributed by atoms with van der Waals surface area (Å²) in [6, 6.07) is 3.54. The molecule has 114 valence electrons. The molecular weight excluding hydrogens is 296 g/mol. The van der Waals surface area contributed by atoms with E-state index in [1.165, 1.54) is 11.3 Å². The normalized spacial score (nSPS) is 20.1. The highest BCUT2D eigenvalue weighted by Gasteiger charge is 2.20. The van der Waals surface area contributed by atoms with E-state index in [4.69, 9.17) is 4.74 Å². The summed E-state index contributed by atoms with van der Waals surface area (Å²) in [4.78, 5) is 1.04. The van der Waals surface area contributed by atoms with Crippen LogP contribution in [0.15, 0.2) is 16.3 Å². The first-order valence-corrected chi connectivity index (χ1v) is 9.28. The average molecular weight is 318 g/mol. The van der Waals surface area contributed by atoms with Gasteiger partial charge in [0.1, 0.15) is 4.21 Å². The van der Waals surface area contributed by atoms with Gasteiger partial charge < -0.3 is 10.1 Å². The predicted molar refractivity (Wildman–Crippen MR) is 80.4 cm³/mol. The van der Waals surface area contributed by atoms with Crippen molar-refractivity contribution in [1.29, 1.82) is 0 Å². The van der Waals surface area contributed by atoms with E-state index < -0.39 is 10.0 Å². The molecule has 2 heterocycles. The molecule has 1 aliphatic heterocycles. The average Bonchev–Trinajstić information content (AvgIpc) is 2.94. The highest BCUT2D eigenvalue weighted by Crippen LogP contribution is 2.22. The monoisotopic (exact) mass is 318 g/mol. The van der Waals surface area contributed by atoms with E-state index in [9.17, 15) is 8.42 Å². The number of hydrogen-bond donors (Lipinski definition) is 2. The largest absolute Gasteiger partial charge is 0.381 e. The van der Waals surface area contributed by atoms with Crippen LogP contribution in [0.25, 0.3) is 0 Å². The first kappa shape index (κ1) is 15.9. The zero-order chi connectivity index (χ0) is 14.4. The molecule has 0 aliphatic carbocycles. The van der Waals surface area contributed by atoms with E-state index >= 15 is 0 Å². The van der Waals surface area contributed by atoms with Crippen molar-refractivity contribution in [3.63, 3.8) is 0 Å². The third-order valence-corrected chi connectivity index (χ3v) is 6.27. The van der Waals surface area contributed by atoms with Crippen LogP contribution in [0.2, 0.25) is 0 Å². The smallest absolute Gasteiger partial charge is 0.250 e. The second kappa shape index (κ2) is 7.51. The van der Waals surface area contributed by atoms with Gasteiger partial charge in [-0.15, -0.1) is 11.3 Å². The van der Waals surface area contributed by atoms with Crippen LogP contribution in [0, 0.1) is 5.92 Å². The van der Waals surface area contributed by atoms with Gasteiger partial charge in [0, 0.05) is 24.6 Å². The number of hydrogen-bond acceptors (Lipinski definition) is 5. The van der Waals surface area contributed by atoms with Gasteiger partial charge in [-0.1, -0.05) is 6.92 Å². The molecule has 2 rings (SSSR count). The lowest BCUT2D eigenvalue weighted by molar-refractivity contribution is 0.0568. The zero-order valence-electron chi connectivity index (χ0n) is 11.7. The molecular formula is C13H22N2O3S2. The molecule has 1 aliphatic rings. The van der Waals surface area contributed by atoms with Crippen LogP contribution in [-0.2, 0) is 21.3 Å².